The summed E-state index contributed by atoms with van der Waals surface area (Å²) >= 11 is 0. The highest BCUT2D eigenvalue weighted by molar-refractivity contribution is 5.89. The van der Waals surface area contributed by atoms with Gasteiger partial charge in [-0.2, -0.15) is 13.2 Å². The maximum Gasteiger partial charge on any atom is 0.430 e. The molecule has 0 saturated heterocycles. The molecule has 0 bridgehead atoms. The number of hydrogen-bond donors (Lipinski definition) is 3. The molecule has 1 aromatic rings. The van der Waals surface area contributed by atoms with Gasteiger partial charge in [-0.25, -0.2) is 0 Å². The van der Waals surface area contributed by atoms with Crippen molar-refractivity contribution in [2.45, 2.75) is 38.5 Å². The third-order valence-corrected chi connectivity index (χ3v) is 3.53. The molecule has 0 unspecified atom stereocenters. The Morgan fingerprint density at radius 2 is 1.59 bits per heavy atom. The molecule has 152 valence electrons. The Bertz CT molecular complexity index is 622. The van der Waals surface area contributed by atoms with E-state index in [2.05, 4.69) is 16.4 Å². The summed E-state index contributed by atoms with van der Waals surface area (Å²) in [5.41, 5.74) is 4.85. The number of carbonyl (C=O) groups excluding carboxylic acids is 3. The molecule has 2 amide bonds. The van der Waals surface area contributed by atoms with Gasteiger partial charge in [0.15, 0.2) is 6.04 Å². The van der Waals surface area contributed by atoms with Crippen LogP contribution in [-0.4, -0.2) is 43.1 Å². The molecule has 1 aromatic carbocycles. The van der Waals surface area contributed by atoms with Crippen LogP contribution in [0.1, 0.15) is 19.4 Å². The van der Waals surface area contributed by atoms with Crippen molar-refractivity contribution in [1.82, 2.24) is 10.6 Å². The Morgan fingerprint density at radius 1 is 1.11 bits per heavy atom. The van der Waals surface area contributed by atoms with E-state index >= 15 is 0 Å². The van der Waals surface area contributed by atoms with E-state index in [4.69, 9.17) is 9.90 Å². The van der Waals surface area contributed by atoms with Crippen LogP contribution in [0.3, 0.4) is 0 Å². The summed E-state index contributed by atoms with van der Waals surface area (Å²) in [5.74, 6) is -3.26. The molecule has 10 heteroatoms. The maximum atomic E-state index is 12.1. The molecule has 0 heterocycles. The van der Waals surface area contributed by atoms with Crippen molar-refractivity contribution in [3.63, 3.8) is 0 Å². The minimum Gasteiger partial charge on any atom is -0.542 e. The van der Waals surface area contributed by atoms with E-state index in [1.165, 1.54) is 0 Å². The predicted molar refractivity (Wildman–Crippen MR) is 88.7 cm³/mol. The molecule has 5 N–H and O–H groups in total. The number of rotatable bonds is 6. The lowest BCUT2D eigenvalue weighted by Gasteiger charge is -2.20. The lowest BCUT2D eigenvalue weighted by molar-refractivity contribution is -0.414. The van der Waals surface area contributed by atoms with E-state index < -0.39 is 18.2 Å². The first kappa shape index (κ1) is 24.4. The third kappa shape index (κ3) is 9.59. The molecule has 0 aliphatic carbocycles. The van der Waals surface area contributed by atoms with Gasteiger partial charge < -0.3 is 26.3 Å². The number of hydrogen-bond acceptors (Lipinski definition) is 4. The normalized spacial score (nSPS) is 13.0. The van der Waals surface area contributed by atoms with Crippen LogP contribution in [0.25, 0.3) is 0 Å². The second-order valence-electron chi connectivity index (χ2n) is 6.00. The minimum atomic E-state index is -5.19. The van der Waals surface area contributed by atoms with Crippen molar-refractivity contribution < 1.29 is 38.4 Å². The van der Waals surface area contributed by atoms with Crippen LogP contribution in [0.15, 0.2) is 30.3 Å². The van der Waals surface area contributed by atoms with Crippen LogP contribution in [0.5, 0.6) is 0 Å². The molecule has 0 fully saturated rings. The monoisotopic (exact) mass is 391 g/mol. The van der Waals surface area contributed by atoms with E-state index in [0.717, 1.165) is 5.56 Å². The second-order valence-corrected chi connectivity index (χ2v) is 6.00. The number of carbonyl (C=O) groups is 3. The van der Waals surface area contributed by atoms with Gasteiger partial charge in [-0.1, -0.05) is 44.2 Å². The largest absolute Gasteiger partial charge is 0.542 e. The Labute approximate surface area is 155 Å². The molecule has 0 aliphatic rings. The number of benzene rings is 1. The summed E-state index contributed by atoms with van der Waals surface area (Å²) in [4.78, 5) is 32.7. The third-order valence-electron chi connectivity index (χ3n) is 3.53. The summed E-state index contributed by atoms with van der Waals surface area (Å²) in [6.07, 6.45) is -4.73. The van der Waals surface area contributed by atoms with Crippen molar-refractivity contribution in [1.29, 1.82) is 0 Å². The van der Waals surface area contributed by atoms with Gasteiger partial charge in [-0.3, -0.25) is 9.59 Å². The summed E-state index contributed by atoms with van der Waals surface area (Å²) in [5, 5.41) is 14.2. The summed E-state index contributed by atoms with van der Waals surface area (Å²) in [7, 11) is 1.57. The number of aliphatic carboxylic acids is 1. The first-order chi connectivity index (χ1) is 12.4. The highest BCUT2D eigenvalue weighted by Gasteiger charge is 2.29. The summed E-state index contributed by atoms with van der Waals surface area (Å²) in [6.45, 7) is 3.87. The first-order valence-corrected chi connectivity index (χ1v) is 8.07. The van der Waals surface area contributed by atoms with Crippen LogP contribution in [0.2, 0.25) is 0 Å². The van der Waals surface area contributed by atoms with Crippen LogP contribution in [0.4, 0.5) is 13.2 Å². The SMILES string of the molecule is CNC(=O)[C@@H](Cc1ccccc1)NC(=O)[C@H]([NH3+])C(C)C.O=C([O-])C(F)(F)F. The van der Waals surface area contributed by atoms with Gasteiger partial charge in [0.25, 0.3) is 5.91 Å². The maximum absolute atomic E-state index is 12.1. The zero-order valence-corrected chi connectivity index (χ0v) is 15.3. The Kier molecular flexibility index (Phi) is 10.1. The number of alkyl halides is 3. The van der Waals surface area contributed by atoms with Gasteiger partial charge >= 0.3 is 6.18 Å². The molecule has 2 atom stereocenters. The first-order valence-electron chi connectivity index (χ1n) is 8.07. The number of carboxylic acids is 1. The number of nitrogens with one attached hydrogen (secondary N) is 2. The van der Waals surface area contributed by atoms with Crippen molar-refractivity contribution in [2.24, 2.45) is 5.92 Å². The van der Waals surface area contributed by atoms with Gasteiger partial charge in [0.1, 0.15) is 12.0 Å². The highest BCUT2D eigenvalue weighted by Crippen LogP contribution is 2.11. The molecule has 7 nitrogen and oxygen atoms in total. The zero-order chi connectivity index (χ0) is 21.2. The molecular weight excluding hydrogens is 367 g/mol. The van der Waals surface area contributed by atoms with Gasteiger partial charge in [0.05, 0.1) is 0 Å². The van der Waals surface area contributed by atoms with Crippen molar-refractivity contribution in [2.75, 3.05) is 7.05 Å². The van der Waals surface area contributed by atoms with Crippen LogP contribution in [-0.2, 0) is 20.8 Å². The Balaban J connectivity index is 0.000000821. The second kappa shape index (κ2) is 11.2. The zero-order valence-electron chi connectivity index (χ0n) is 15.3. The van der Waals surface area contributed by atoms with E-state index in [9.17, 15) is 22.8 Å². The summed E-state index contributed by atoms with van der Waals surface area (Å²) < 4.78 is 31.5. The van der Waals surface area contributed by atoms with Gasteiger partial charge in [0.2, 0.25) is 5.91 Å². The van der Waals surface area contributed by atoms with Crippen molar-refractivity contribution in [3.05, 3.63) is 35.9 Å². The lowest BCUT2D eigenvalue weighted by Crippen LogP contribution is -2.71. The minimum absolute atomic E-state index is 0.136. The average molecular weight is 391 g/mol. The average Bonchev–Trinajstić information content (AvgIpc) is 2.60. The summed E-state index contributed by atoms with van der Waals surface area (Å²) in [6, 6.07) is 8.68. The van der Waals surface area contributed by atoms with E-state index in [1.54, 1.807) is 7.05 Å². The van der Waals surface area contributed by atoms with E-state index in [0.29, 0.717) is 6.42 Å². The van der Waals surface area contributed by atoms with Crippen LogP contribution >= 0.6 is 0 Å². The standard InChI is InChI=1S/C15H23N3O2.C2HF3O2/c1-10(2)13(16)15(20)18-12(14(19)17-3)9-11-7-5-4-6-8-11;3-2(4,5)1(6)7/h4-8,10,12-13H,9,16H2,1-3H3,(H,17,19)(H,18,20);(H,6,7)/t12-,13-;/m1./s1. The molecule has 0 spiro atoms. The number of carboxylic acid groups (broad SMARTS) is 1. The number of quaternary nitrogens is 1. The van der Waals surface area contributed by atoms with Crippen LogP contribution in [0, 0.1) is 5.92 Å². The predicted octanol–water partition coefficient (Wildman–Crippen LogP) is -0.975. The van der Waals surface area contributed by atoms with E-state index in [1.807, 2.05) is 44.2 Å². The smallest absolute Gasteiger partial charge is 0.430 e. The van der Waals surface area contributed by atoms with Crippen molar-refractivity contribution >= 4 is 17.8 Å². The molecular formula is C17H24F3N3O4. The Hall–Kier alpha value is -2.62. The fourth-order valence-corrected chi connectivity index (χ4v) is 1.81. The molecule has 1 rings (SSSR count). The molecule has 0 radical (unpaired) electrons. The van der Waals surface area contributed by atoms with Gasteiger partial charge in [0, 0.05) is 19.4 Å². The van der Waals surface area contributed by atoms with Crippen molar-refractivity contribution in [3.8, 4) is 0 Å². The fourth-order valence-electron chi connectivity index (χ4n) is 1.81. The number of amides is 2. The molecule has 0 saturated carbocycles. The number of halogens is 3. The molecule has 27 heavy (non-hydrogen) atoms. The molecule has 0 aromatic heterocycles. The van der Waals surface area contributed by atoms with Crippen LogP contribution < -0.4 is 21.5 Å². The fraction of sp³-hybridized carbons (Fsp3) is 0.471. The molecule has 0 aliphatic heterocycles. The van der Waals surface area contributed by atoms with Gasteiger partial charge in [-0.15, -0.1) is 0 Å². The van der Waals surface area contributed by atoms with E-state index in [-0.39, 0.29) is 23.8 Å². The number of likely N-dealkylation sites (N-methyl/N-ethyl adjacent to an activating group) is 1. The Morgan fingerprint density at radius 3 is 1.96 bits per heavy atom. The highest BCUT2D eigenvalue weighted by atomic mass is 19.4. The quantitative estimate of drug-likeness (QED) is 0.576. The van der Waals surface area contributed by atoms with Gasteiger partial charge in [-0.05, 0) is 5.56 Å². The lowest BCUT2D eigenvalue weighted by atomic mass is 10.0. The topological polar surface area (TPSA) is 126 Å².